The van der Waals surface area contributed by atoms with E-state index in [1.165, 1.54) is 19.3 Å². The van der Waals surface area contributed by atoms with Gasteiger partial charge in [-0.1, -0.05) is 6.92 Å². The number of hydrogen-bond acceptors (Lipinski definition) is 3. The largest absolute Gasteiger partial charge is 0.379 e. The molecular formula is C11H22N2O. The Morgan fingerprint density at radius 1 is 1.36 bits per heavy atom. The molecule has 4 atom stereocenters. The molecule has 82 valence electrons. The second-order valence-electron chi connectivity index (χ2n) is 4.98. The van der Waals surface area contributed by atoms with Crippen molar-refractivity contribution in [1.29, 1.82) is 0 Å². The Bertz CT molecular complexity index is 186. The number of nitrogens with two attached hydrogens (primary N) is 1. The first-order valence-corrected chi connectivity index (χ1v) is 5.82. The fourth-order valence-corrected chi connectivity index (χ4v) is 2.54. The van der Waals surface area contributed by atoms with Crippen LogP contribution in [0.3, 0.4) is 0 Å². The highest BCUT2D eigenvalue weighted by Crippen LogP contribution is 2.24. The molecule has 0 amide bonds. The molecule has 14 heavy (non-hydrogen) atoms. The zero-order chi connectivity index (χ0) is 9.97. The van der Waals surface area contributed by atoms with Crippen molar-refractivity contribution in [2.24, 2.45) is 17.6 Å². The van der Waals surface area contributed by atoms with Crippen molar-refractivity contribution in [3.8, 4) is 0 Å². The molecule has 1 aliphatic carbocycles. The van der Waals surface area contributed by atoms with E-state index in [9.17, 15) is 0 Å². The van der Waals surface area contributed by atoms with E-state index in [4.69, 9.17) is 10.5 Å². The minimum absolute atomic E-state index is 0.251. The molecule has 1 heterocycles. The Morgan fingerprint density at radius 2 is 2.21 bits per heavy atom. The Labute approximate surface area is 86.4 Å². The first-order chi connectivity index (χ1) is 6.75. The molecule has 0 aromatic heterocycles. The average Bonchev–Trinajstić information content (AvgIpc) is 2.72. The van der Waals surface area contributed by atoms with Gasteiger partial charge in [0, 0.05) is 24.5 Å². The molecule has 0 radical (unpaired) electrons. The highest BCUT2D eigenvalue weighted by Gasteiger charge is 2.27. The molecule has 1 aliphatic heterocycles. The Hall–Kier alpha value is -0.120. The van der Waals surface area contributed by atoms with E-state index >= 15 is 0 Å². The Kier molecular flexibility index (Phi) is 3.42. The third kappa shape index (κ3) is 2.47. The van der Waals surface area contributed by atoms with Gasteiger partial charge in [-0.15, -0.1) is 0 Å². The van der Waals surface area contributed by atoms with Gasteiger partial charge < -0.3 is 15.8 Å². The van der Waals surface area contributed by atoms with Crippen molar-refractivity contribution in [3.63, 3.8) is 0 Å². The molecular weight excluding hydrogens is 176 g/mol. The zero-order valence-electron chi connectivity index (χ0n) is 9.04. The fraction of sp³-hybridized carbons (Fsp3) is 1.00. The predicted octanol–water partition coefficient (Wildman–Crippen LogP) is 0.738. The number of ether oxygens (including phenoxy) is 1. The molecule has 0 spiro atoms. The molecule has 3 heteroatoms. The summed E-state index contributed by atoms with van der Waals surface area (Å²) < 4.78 is 5.34. The van der Waals surface area contributed by atoms with E-state index in [-0.39, 0.29) is 6.04 Å². The maximum absolute atomic E-state index is 5.93. The lowest BCUT2D eigenvalue weighted by atomic mass is 10.0. The average molecular weight is 198 g/mol. The van der Waals surface area contributed by atoms with Crippen molar-refractivity contribution < 1.29 is 4.74 Å². The Morgan fingerprint density at radius 3 is 2.79 bits per heavy atom. The van der Waals surface area contributed by atoms with Crippen LogP contribution >= 0.6 is 0 Å². The van der Waals surface area contributed by atoms with Gasteiger partial charge in [0.1, 0.15) is 0 Å². The van der Waals surface area contributed by atoms with E-state index < -0.39 is 0 Å². The van der Waals surface area contributed by atoms with Crippen LogP contribution in [0.1, 0.15) is 26.2 Å². The van der Waals surface area contributed by atoms with Gasteiger partial charge in [-0.25, -0.2) is 0 Å². The van der Waals surface area contributed by atoms with Gasteiger partial charge in [0.2, 0.25) is 0 Å². The van der Waals surface area contributed by atoms with Crippen LogP contribution in [0, 0.1) is 11.8 Å². The lowest BCUT2D eigenvalue weighted by molar-refractivity contribution is 0.183. The van der Waals surface area contributed by atoms with E-state index in [1.54, 1.807) is 0 Å². The molecule has 0 aromatic carbocycles. The van der Waals surface area contributed by atoms with E-state index in [0.29, 0.717) is 5.92 Å². The number of rotatable bonds is 3. The number of hydrogen-bond donors (Lipinski definition) is 2. The predicted molar refractivity (Wildman–Crippen MR) is 57.1 cm³/mol. The SMILES string of the molecule is CC1CCC(NCC2COCC2N)C1. The monoisotopic (exact) mass is 198 g/mol. The summed E-state index contributed by atoms with van der Waals surface area (Å²) >= 11 is 0. The lowest BCUT2D eigenvalue weighted by Crippen LogP contribution is -2.39. The van der Waals surface area contributed by atoms with Gasteiger partial charge in [-0.2, -0.15) is 0 Å². The lowest BCUT2D eigenvalue weighted by Gasteiger charge is -2.18. The first kappa shape index (κ1) is 10.4. The fourth-order valence-electron chi connectivity index (χ4n) is 2.54. The third-order valence-electron chi connectivity index (χ3n) is 3.61. The molecule has 0 aromatic rings. The van der Waals surface area contributed by atoms with Gasteiger partial charge in [0.25, 0.3) is 0 Å². The molecule has 3 N–H and O–H groups in total. The highest BCUT2D eigenvalue weighted by molar-refractivity contribution is 4.83. The minimum Gasteiger partial charge on any atom is -0.379 e. The maximum atomic E-state index is 5.93. The second-order valence-corrected chi connectivity index (χ2v) is 4.98. The minimum atomic E-state index is 0.251. The van der Waals surface area contributed by atoms with E-state index in [2.05, 4.69) is 12.2 Å². The van der Waals surface area contributed by atoms with Crippen molar-refractivity contribution >= 4 is 0 Å². The molecule has 1 saturated heterocycles. The van der Waals surface area contributed by atoms with Crippen LogP contribution < -0.4 is 11.1 Å². The second kappa shape index (κ2) is 4.60. The summed E-state index contributed by atoms with van der Waals surface area (Å²) in [6.45, 7) is 4.97. The topological polar surface area (TPSA) is 47.3 Å². The van der Waals surface area contributed by atoms with Gasteiger partial charge in [-0.05, 0) is 25.2 Å². The zero-order valence-corrected chi connectivity index (χ0v) is 9.04. The van der Waals surface area contributed by atoms with Gasteiger partial charge in [0.15, 0.2) is 0 Å². The van der Waals surface area contributed by atoms with Gasteiger partial charge in [0.05, 0.1) is 13.2 Å². The van der Waals surface area contributed by atoms with E-state index in [1.807, 2.05) is 0 Å². The van der Waals surface area contributed by atoms with Crippen LogP contribution in [0.5, 0.6) is 0 Å². The maximum Gasteiger partial charge on any atom is 0.0621 e. The first-order valence-electron chi connectivity index (χ1n) is 5.82. The summed E-state index contributed by atoms with van der Waals surface area (Å²) in [5, 5.41) is 3.62. The Balaban J connectivity index is 1.67. The third-order valence-corrected chi connectivity index (χ3v) is 3.61. The summed E-state index contributed by atoms with van der Waals surface area (Å²) in [6, 6.07) is 0.985. The quantitative estimate of drug-likeness (QED) is 0.703. The standard InChI is InChI=1S/C11H22N2O/c1-8-2-3-10(4-8)13-5-9-6-14-7-11(9)12/h8-11,13H,2-7,12H2,1H3. The van der Waals surface area contributed by atoms with Crippen LogP contribution in [0.2, 0.25) is 0 Å². The van der Waals surface area contributed by atoms with Crippen molar-refractivity contribution in [3.05, 3.63) is 0 Å². The summed E-state index contributed by atoms with van der Waals surface area (Å²) in [4.78, 5) is 0. The summed E-state index contributed by atoms with van der Waals surface area (Å²) in [5.74, 6) is 1.44. The van der Waals surface area contributed by atoms with Gasteiger partial charge >= 0.3 is 0 Å². The van der Waals surface area contributed by atoms with Crippen LogP contribution in [-0.4, -0.2) is 31.8 Å². The molecule has 1 saturated carbocycles. The van der Waals surface area contributed by atoms with E-state index in [0.717, 1.165) is 31.7 Å². The van der Waals surface area contributed by atoms with Crippen molar-refractivity contribution in [2.75, 3.05) is 19.8 Å². The molecule has 2 fully saturated rings. The highest BCUT2D eigenvalue weighted by atomic mass is 16.5. The normalized spacial score (nSPS) is 43.3. The number of nitrogens with one attached hydrogen (secondary N) is 1. The smallest absolute Gasteiger partial charge is 0.0621 e. The van der Waals surface area contributed by atoms with Crippen molar-refractivity contribution in [2.45, 2.75) is 38.3 Å². The van der Waals surface area contributed by atoms with Gasteiger partial charge in [-0.3, -0.25) is 0 Å². The summed E-state index contributed by atoms with van der Waals surface area (Å²) in [7, 11) is 0. The van der Waals surface area contributed by atoms with Crippen LogP contribution in [-0.2, 0) is 4.74 Å². The molecule has 0 bridgehead atoms. The van der Waals surface area contributed by atoms with Crippen LogP contribution in [0.15, 0.2) is 0 Å². The molecule has 2 rings (SSSR count). The summed E-state index contributed by atoms with van der Waals surface area (Å²) in [5.41, 5.74) is 5.93. The van der Waals surface area contributed by atoms with Crippen LogP contribution in [0.25, 0.3) is 0 Å². The van der Waals surface area contributed by atoms with Crippen molar-refractivity contribution in [1.82, 2.24) is 5.32 Å². The molecule has 4 unspecified atom stereocenters. The van der Waals surface area contributed by atoms with Crippen LogP contribution in [0.4, 0.5) is 0 Å². The molecule has 3 nitrogen and oxygen atoms in total. The summed E-state index contributed by atoms with van der Waals surface area (Å²) in [6.07, 6.45) is 4.05. The molecule has 2 aliphatic rings.